The molecular formula is C12H9FN6OS. The number of carbonyl (C=O) groups is 1. The average Bonchev–Trinajstić information content (AvgIpc) is 3.10. The second kappa shape index (κ2) is 5.75. The Bertz CT molecular complexity index is 757. The molecule has 7 nitrogen and oxygen atoms in total. The Hall–Kier alpha value is -2.68. The topological polar surface area (TPSA) is 96.5 Å². The number of rotatable bonds is 4. The minimum Gasteiger partial charge on any atom is -0.292 e. The van der Waals surface area contributed by atoms with E-state index in [-0.39, 0.29) is 24.1 Å². The number of halogens is 1. The van der Waals surface area contributed by atoms with Crippen LogP contribution in [0.5, 0.6) is 0 Å². The molecule has 0 saturated heterocycles. The molecule has 0 fully saturated rings. The summed E-state index contributed by atoms with van der Waals surface area (Å²) in [6.45, 7) is 0. The molecule has 21 heavy (non-hydrogen) atoms. The van der Waals surface area contributed by atoms with Crippen molar-refractivity contribution in [1.29, 1.82) is 0 Å². The molecule has 2 heterocycles. The Labute approximate surface area is 122 Å². The van der Waals surface area contributed by atoms with Crippen LogP contribution in [0.15, 0.2) is 29.6 Å². The van der Waals surface area contributed by atoms with Crippen LogP contribution in [-0.4, -0.2) is 31.5 Å². The monoisotopic (exact) mass is 304 g/mol. The number of hydrogen-bond acceptors (Lipinski definition) is 6. The van der Waals surface area contributed by atoms with Crippen LogP contribution in [0.3, 0.4) is 0 Å². The molecule has 0 aliphatic carbocycles. The minimum absolute atomic E-state index is 0.0837. The zero-order chi connectivity index (χ0) is 14.7. The van der Waals surface area contributed by atoms with Crippen LogP contribution in [0.1, 0.15) is 5.69 Å². The lowest BCUT2D eigenvalue weighted by atomic mass is 10.2. The second-order valence-corrected chi connectivity index (χ2v) is 4.97. The first-order chi connectivity index (χ1) is 10.2. The molecule has 0 unspecified atom stereocenters. The number of tetrazole rings is 1. The Morgan fingerprint density at radius 3 is 3.10 bits per heavy atom. The largest absolute Gasteiger partial charge is 0.292 e. The maximum absolute atomic E-state index is 13.2. The number of hydrogen-bond donors (Lipinski definition) is 2. The number of amides is 1. The summed E-state index contributed by atoms with van der Waals surface area (Å²) in [5.74, 6) is -0.507. The van der Waals surface area contributed by atoms with Crippen molar-refractivity contribution in [3.8, 4) is 10.6 Å². The molecule has 0 saturated carbocycles. The molecule has 0 atom stereocenters. The smallest absolute Gasteiger partial charge is 0.269 e. The maximum atomic E-state index is 13.2. The summed E-state index contributed by atoms with van der Waals surface area (Å²) in [5, 5.41) is 17.7. The molecule has 3 aromatic rings. The van der Waals surface area contributed by atoms with Gasteiger partial charge in [0.05, 0.1) is 12.1 Å². The highest BCUT2D eigenvalue weighted by Crippen LogP contribution is 2.24. The zero-order valence-electron chi connectivity index (χ0n) is 10.6. The highest BCUT2D eigenvalue weighted by molar-refractivity contribution is 7.13. The van der Waals surface area contributed by atoms with Crippen LogP contribution in [0.4, 0.5) is 10.3 Å². The Morgan fingerprint density at radius 2 is 2.33 bits per heavy atom. The summed E-state index contributed by atoms with van der Waals surface area (Å²) >= 11 is 1.35. The van der Waals surface area contributed by atoms with Crippen molar-refractivity contribution in [2.45, 2.75) is 6.42 Å². The Balaban J connectivity index is 1.69. The standard InChI is InChI=1S/C12H9FN6OS/c13-8-3-1-2-7(4-8)11-14-9(6-21-11)5-10(20)15-12-16-18-19-17-12/h1-4,6H,5H2,(H2,15,16,17,18,19,20). The van der Waals surface area contributed by atoms with E-state index in [1.165, 1.54) is 23.5 Å². The number of carbonyl (C=O) groups excluding carboxylic acids is 1. The lowest BCUT2D eigenvalue weighted by Gasteiger charge is -1.98. The van der Waals surface area contributed by atoms with Gasteiger partial charge in [-0.25, -0.2) is 9.37 Å². The fourth-order valence-electron chi connectivity index (χ4n) is 1.69. The third-order valence-electron chi connectivity index (χ3n) is 2.56. The fraction of sp³-hybridized carbons (Fsp3) is 0.0833. The van der Waals surface area contributed by atoms with Gasteiger partial charge in [-0.3, -0.25) is 10.1 Å². The van der Waals surface area contributed by atoms with E-state index in [9.17, 15) is 9.18 Å². The van der Waals surface area contributed by atoms with Gasteiger partial charge in [0.25, 0.3) is 5.95 Å². The predicted octanol–water partition coefficient (Wildman–Crippen LogP) is 1.64. The van der Waals surface area contributed by atoms with Gasteiger partial charge >= 0.3 is 0 Å². The van der Waals surface area contributed by atoms with Crippen molar-refractivity contribution >= 4 is 23.2 Å². The molecule has 2 aromatic heterocycles. The van der Waals surface area contributed by atoms with E-state index in [4.69, 9.17) is 0 Å². The van der Waals surface area contributed by atoms with Crippen LogP contribution < -0.4 is 5.32 Å². The molecule has 2 N–H and O–H groups in total. The van der Waals surface area contributed by atoms with Crippen molar-refractivity contribution in [2.75, 3.05) is 5.32 Å². The third-order valence-corrected chi connectivity index (χ3v) is 3.50. The quantitative estimate of drug-likeness (QED) is 0.764. The van der Waals surface area contributed by atoms with Crippen molar-refractivity contribution in [3.05, 3.63) is 41.2 Å². The van der Waals surface area contributed by atoms with Gasteiger partial charge in [0.15, 0.2) is 0 Å². The number of aromatic amines is 1. The van der Waals surface area contributed by atoms with E-state index in [1.807, 2.05) is 0 Å². The van der Waals surface area contributed by atoms with Crippen LogP contribution >= 0.6 is 11.3 Å². The number of anilines is 1. The lowest BCUT2D eigenvalue weighted by Crippen LogP contribution is -2.15. The van der Waals surface area contributed by atoms with Gasteiger partial charge in [-0.1, -0.05) is 17.2 Å². The highest BCUT2D eigenvalue weighted by Gasteiger charge is 2.11. The molecule has 0 radical (unpaired) electrons. The molecule has 1 amide bonds. The average molecular weight is 304 g/mol. The summed E-state index contributed by atoms with van der Waals surface area (Å²) in [7, 11) is 0. The number of aromatic nitrogens is 5. The van der Waals surface area contributed by atoms with Crippen LogP contribution in [0.2, 0.25) is 0 Å². The molecule has 3 rings (SSSR count). The van der Waals surface area contributed by atoms with Gasteiger partial charge in [0, 0.05) is 10.9 Å². The molecule has 0 bridgehead atoms. The number of thiazole rings is 1. The molecule has 0 aliphatic rings. The van der Waals surface area contributed by atoms with Crippen LogP contribution in [-0.2, 0) is 11.2 Å². The lowest BCUT2D eigenvalue weighted by molar-refractivity contribution is -0.115. The van der Waals surface area contributed by atoms with Gasteiger partial charge in [-0.05, 0) is 17.3 Å². The zero-order valence-corrected chi connectivity index (χ0v) is 11.4. The van der Waals surface area contributed by atoms with Crippen molar-refractivity contribution in [1.82, 2.24) is 25.6 Å². The molecule has 0 spiro atoms. The Morgan fingerprint density at radius 1 is 1.43 bits per heavy atom. The summed E-state index contributed by atoms with van der Waals surface area (Å²) in [4.78, 5) is 16.1. The second-order valence-electron chi connectivity index (χ2n) is 4.11. The summed E-state index contributed by atoms with van der Waals surface area (Å²) < 4.78 is 13.2. The fourth-order valence-corrected chi connectivity index (χ4v) is 2.51. The van der Waals surface area contributed by atoms with Crippen molar-refractivity contribution in [2.24, 2.45) is 0 Å². The van der Waals surface area contributed by atoms with Crippen molar-refractivity contribution < 1.29 is 9.18 Å². The predicted molar refractivity (Wildman–Crippen MR) is 74.0 cm³/mol. The van der Waals surface area contributed by atoms with E-state index in [0.717, 1.165) is 0 Å². The van der Waals surface area contributed by atoms with Gasteiger partial charge in [0.1, 0.15) is 10.8 Å². The molecule has 106 valence electrons. The molecular weight excluding hydrogens is 295 g/mol. The highest BCUT2D eigenvalue weighted by atomic mass is 32.1. The summed E-state index contributed by atoms with van der Waals surface area (Å²) in [6.07, 6.45) is 0.0837. The van der Waals surface area contributed by atoms with E-state index in [1.54, 1.807) is 17.5 Å². The SMILES string of the molecule is O=C(Cc1csc(-c2cccc(F)c2)n1)Nc1nn[nH]n1. The van der Waals surface area contributed by atoms with Gasteiger partial charge in [0.2, 0.25) is 5.91 Å². The first-order valence-electron chi connectivity index (χ1n) is 5.94. The first-order valence-corrected chi connectivity index (χ1v) is 6.82. The first kappa shape index (κ1) is 13.3. The number of H-pyrrole nitrogens is 1. The summed E-state index contributed by atoms with van der Waals surface area (Å²) in [6, 6.07) is 6.16. The number of benzene rings is 1. The summed E-state index contributed by atoms with van der Waals surface area (Å²) in [5.41, 5.74) is 1.28. The van der Waals surface area contributed by atoms with Crippen LogP contribution in [0, 0.1) is 5.82 Å². The van der Waals surface area contributed by atoms with Gasteiger partial charge in [-0.2, -0.15) is 5.21 Å². The Kier molecular flexibility index (Phi) is 3.65. The normalized spacial score (nSPS) is 10.5. The van der Waals surface area contributed by atoms with E-state index < -0.39 is 0 Å². The maximum Gasteiger partial charge on any atom is 0.269 e. The van der Waals surface area contributed by atoms with Gasteiger partial charge in [-0.15, -0.1) is 16.4 Å². The minimum atomic E-state index is -0.320. The molecule has 1 aromatic carbocycles. The third kappa shape index (κ3) is 3.26. The number of nitrogens with zero attached hydrogens (tertiary/aromatic N) is 4. The van der Waals surface area contributed by atoms with Crippen LogP contribution in [0.25, 0.3) is 10.6 Å². The number of nitrogens with one attached hydrogen (secondary N) is 2. The van der Waals surface area contributed by atoms with Crippen molar-refractivity contribution in [3.63, 3.8) is 0 Å². The van der Waals surface area contributed by atoms with Gasteiger partial charge < -0.3 is 0 Å². The van der Waals surface area contributed by atoms with E-state index in [0.29, 0.717) is 16.3 Å². The van der Waals surface area contributed by atoms with E-state index >= 15 is 0 Å². The molecule has 9 heteroatoms. The van der Waals surface area contributed by atoms with E-state index in [2.05, 4.69) is 30.9 Å². The molecule has 0 aliphatic heterocycles.